The first-order chi connectivity index (χ1) is 11.7. The maximum Gasteiger partial charge on any atom is 0.243 e. The van der Waals surface area contributed by atoms with Crippen LogP contribution in [0.5, 0.6) is 0 Å². The third-order valence-corrected chi connectivity index (χ3v) is 4.96. The molecule has 7 nitrogen and oxygen atoms in total. The lowest BCUT2D eigenvalue weighted by Gasteiger charge is -2.26. The van der Waals surface area contributed by atoms with Gasteiger partial charge in [-0.2, -0.15) is 5.10 Å². The van der Waals surface area contributed by atoms with Crippen LogP contribution < -0.4 is 16.2 Å². The summed E-state index contributed by atoms with van der Waals surface area (Å²) < 4.78 is 0. The number of aromatic amines is 1. The first-order valence-electron chi connectivity index (χ1n) is 8.52. The molecule has 4 N–H and O–H groups in total. The van der Waals surface area contributed by atoms with E-state index in [9.17, 15) is 4.79 Å². The zero-order chi connectivity index (χ0) is 16.5. The summed E-state index contributed by atoms with van der Waals surface area (Å²) in [4.78, 5) is 16.9. The molecule has 1 amide bonds. The molecule has 0 spiro atoms. The fourth-order valence-electron chi connectivity index (χ4n) is 3.70. The van der Waals surface area contributed by atoms with Gasteiger partial charge in [0.05, 0.1) is 0 Å². The molecule has 2 aromatic rings. The molecule has 0 radical (unpaired) electrons. The van der Waals surface area contributed by atoms with Crippen molar-refractivity contribution in [2.45, 2.75) is 44.7 Å². The molecule has 1 aromatic carbocycles. The van der Waals surface area contributed by atoms with Crippen LogP contribution in [-0.4, -0.2) is 33.2 Å². The molecule has 24 heavy (non-hydrogen) atoms. The number of hydrazine groups is 1. The van der Waals surface area contributed by atoms with E-state index in [0.717, 1.165) is 29.9 Å². The molecular formula is C17H22N6O. The number of H-pyrrole nitrogens is 1. The van der Waals surface area contributed by atoms with E-state index in [-0.39, 0.29) is 11.9 Å². The monoisotopic (exact) mass is 326 g/mol. The van der Waals surface area contributed by atoms with Crippen molar-refractivity contribution in [1.82, 2.24) is 26.0 Å². The van der Waals surface area contributed by atoms with Crippen molar-refractivity contribution in [3.8, 4) is 11.4 Å². The van der Waals surface area contributed by atoms with Crippen LogP contribution in [0.25, 0.3) is 11.4 Å². The van der Waals surface area contributed by atoms with E-state index < -0.39 is 0 Å². The van der Waals surface area contributed by atoms with Gasteiger partial charge in [-0.05, 0) is 44.0 Å². The van der Waals surface area contributed by atoms with E-state index >= 15 is 0 Å². The lowest BCUT2D eigenvalue weighted by atomic mass is 9.81. The molecule has 1 aromatic heterocycles. The van der Waals surface area contributed by atoms with Crippen molar-refractivity contribution in [2.75, 3.05) is 5.32 Å². The molecule has 1 aliphatic carbocycles. The number of anilines is 1. The Hall–Kier alpha value is -2.25. The predicted octanol–water partition coefficient (Wildman–Crippen LogP) is 1.75. The second-order valence-corrected chi connectivity index (χ2v) is 6.63. The number of hydrogen-bond donors (Lipinski definition) is 4. The lowest BCUT2D eigenvalue weighted by Crippen LogP contribution is -2.42. The quantitative estimate of drug-likeness (QED) is 0.689. The summed E-state index contributed by atoms with van der Waals surface area (Å²) in [5.74, 6) is 1.86. The molecule has 126 valence electrons. The molecule has 0 bridgehead atoms. The van der Waals surface area contributed by atoms with Gasteiger partial charge in [0, 0.05) is 23.2 Å². The Labute approximate surface area is 140 Å². The topological polar surface area (TPSA) is 94.7 Å². The lowest BCUT2D eigenvalue weighted by molar-refractivity contribution is -0.118. The minimum absolute atomic E-state index is 0.0263. The number of rotatable bonds is 3. The van der Waals surface area contributed by atoms with Crippen LogP contribution in [0.4, 0.5) is 5.69 Å². The van der Waals surface area contributed by atoms with E-state index in [1.165, 1.54) is 12.8 Å². The Morgan fingerprint density at radius 2 is 1.96 bits per heavy atom. The van der Waals surface area contributed by atoms with Gasteiger partial charge in [0.25, 0.3) is 0 Å². The molecule has 2 aliphatic rings. The Kier molecular flexibility index (Phi) is 4.03. The summed E-state index contributed by atoms with van der Waals surface area (Å²) in [5, 5.41) is 9.99. The van der Waals surface area contributed by atoms with Crippen molar-refractivity contribution in [3.05, 3.63) is 30.1 Å². The van der Waals surface area contributed by atoms with E-state index in [4.69, 9.17) is 0 Å². The number of benzene rings is 1. The van der Waals surface area contributed by atoms with Gasteiger partial charge >= 0.3 is 0 Å². The number of aryl methyl sites for hydroxylation is 1. The summed E-state index contributed by atoms with van der Waals surface area (Å²) in [5.41, 5.74) is 8.16. The van der Waals surface area contributed by atoms with E-state index in [2.05, 4.69) is 31.3 Å². The molecule has 1 saturated carbocycles. The number of carbonyl (C=O) groups excluding carboxylic acids is 1. The average Bonchev–Trinajstić information content (AvgIpc) is 3.22. The smallest absolute Gasteiger partial charge is 0.243 e. The van der Waals surface area contributed by atoms with Crippen LogP contribution >= 0.6 is 0 Å². The van der Waals surface area contributed by atoms with Gasteiger partial charge in [-0.25, -0.2) is 10.4 Å². The number of nitrogens with one attached hydrogen (secondary N) is 4. The van der Waals surface area contributed by atoms with Crippen LogP contribution in [0.1, 0.15) is 31.5 Å². The molecule has 3 atom stereocenters. The zero-order valence-electron chi connectivity index (χ0n) is 13.7. The van der Waals surface area contributed by atoms with E-state index in [0.29, 0.717) is 17.8 Å². The molecule has 7 heteroatoms. The van der Waals surface area contributed by atoms with Crippen molar-refractivity contribution in [2.24, 2.45) is 5.92 Å². The number of carbonyl (C=O) groups is 1. The number of aromatic nitrogens is 3. The van der Waals surface area contributed by atoms with Crippen molar-refractivity contribution >= 4 is 11.6 Å². The molecular weight excluding hydrogens is 304 g/mol. The average molecular weight is 326 g/mol. The second kappa shape index (κ2) is 6.33. The SMILES string of the molecule is Cc1nc(-c2ccc(NC(=O)C3NNC4CCCCC43)cc2)n[nH]1. The third-order valence-electron chi connectivity index (χ3n) is 4.96. The predicted molar refractivity (Wildman–Crippen MR) is 91.0 cm³/mol. The number of fused-ring (bicyclic) bond motifs is 1. The fraction of sp³-hybridized carbons (Fsp3) is 0.471. The van der Waals surface area contributed by atoms with E-state index in [1.807, 2.05) is 31.2 Å². The normalized spacial score (nSPS) is 26.1. The van der Waals surface area contributed by atoms with Gasteiger partial charge in [0.1, 0.15) is 11.9 Å². The van der Waals surface area contributed by atoms with Crippen molar-refractivity contribution in [1.29, 1.82) is 0 Å². The Morgan fingerprint density at radius 1 is 1.17 bits per heavy atom. The first kappa shape index (κ1) is 15.3. The minimum Gasteiger partial charge on any atom is -0.325 e. The Balaban J connectivity index is 1.42. The summed E-state index contributed by atoms with van der Waals surface area (Å²) in [6.45, 7) is 1.87. The third kappa shape index (κ3) is 2.92. The van der Waals surface area contributed by atoms with Gasteiger partial charge in [0.15, 0.2) is 5.82 Å². The van der Waals surface area contributed by atoms with Crippen LogP contribution in [0.15, 0.2) is 24.3 Å². The fourth-order valence-corrected chi connectivity index (χ4v) is 3.70. The van der Waals surface area contributed by atoms with Gasteiger partial charge in [-0.15, -0.1) is 0 Å². The maximum atomic E-state index is 12.6. The second-order valence-electron chi connectivity index (χ2n) is 6.63. The zero-order valence-corrected chi connectivity index (χ0v) is 13.7. The summed E-state index contributed by atoms with van der Waals surface area (Å²) in [6, 6.07) is 7.87. The van der Waals surface area contributed by atoms with Crippen molar-refractivity contribution in [3.63, 3.8) is 0 Å². The highest BCUT2D eigenvalue weighted by Gasteiger charge is 2.40. The summed E-state index contributed by atoms with van der Waals surface area (Å²) in [6.07, 6.45) is 4.70. The number of amides is 1. The first-order valence-corrected chi connectivity index (χ1v) is 8.52. The maximum absolute atomic E-state index is 12.6. The van der Waals surface area contributed by atoms with Gasteiger partial charge in [-0.1, -0.05) is 12.8 Å². The largest absolute Gasteiger partial charge is 0.325 e. The van der Waals surface area contributed by atoms with E-state index in [1.54, 1.807) is 0 Å². The number of nitrogens with zero attached hydrogens (tertiary/aromatic N) is 2. The highest BCUT2D eigenvalue weighted by molar-refractivity contribution is 5.95. The van der Waals surface area contributed by atoms with Crippen LogP contribution in [0.3, 0.4) is 0 Å². The Bertz CT molecular complexity index is 725. The summed E-state index contributed by atoms with van der Waals surface area (Å²) in [7, 11) is 0. The summed E-state index contributed by atoms with van der Waals surface area (Å²) >= 11 is 0. The number of hydrogen-bond acceptors (Lipinski definition) is 5. The van der Waals surface area contributed by atoms with Crippen LogP contribution in [-0.2, 0) is 4.79 Å². The molecule has 2 fully saturated rings. The molecule has 3 unspecified atom stereocenters. The standard InChI is InChI=1S/C17H22N6O/c1-10-18-16(23-20-10)11-6-8-12(9-7-11)19-17(24)15-13-4-2-3-5-14(13)21-22-15/h6-9,13-15,21-22H,2-5H2,1H3,(H,19,24)(H,18,20,23). The van der Waals surface area contributed by atoms with Crippen LogP contribution in [0.2, 0.25) is 0 Å². The van der Waals surface area contributed by atoms with Gasteiger partial charge in [0.2, 0.25) is 5.91 Å². The molecule has 1 saturated heterocycles. The highest BCUT2D eigenvalue weighted by Crippen LogP contribution is 2.30. The highest BCUT2D eigenvalue weighted by atomic mass is 16.2. The molecule has 4 rings (SSSR count). The van der Waals surface area contributed by atoms with Crippen molar-refractivity contribution < 1.29 is 4.79 Å². The van der Waals surface area contributed by atoms with Gasteiger partial charge < -0.3 is 5.32 Å². The van der Waals surface area contributed by atoms with Gasteiger partial charge in [-0.3, -0.25) is 15.3 Å². The Morgan fingerprint density at radius 3 is 2.71 bits per heavy atom. The molecule has 1 aliphatic heterocycles. The molecule has 2 heterocycles. The minimum atomic E-state index is -0.161. The van der Waals surface area contributed by atoms with Crippen LogP contribution in [0, 0.1) is 12.8 Å².